The molecule has 1 aromatic carbocycles. The van der Waals surface area contributed by atoms with E-state index in [0.29, 0.717) is 18.0 Å². The van der Waals surface area contributed by atoms with Crippen molar-refractivity contribution in [1.82, 2.24) is 15.5 Å². The summed E-state index contributed by atoms with van der Waals surface area (Å²) >= 11 is 6.12. The van der Waals surface area contributed by atoms with Gasteiger partial charge in [0, 0.05) is 42.2 Å². The van der Waals surface area contributed by atoms with Gasteiger partial charge in [0.1, 0.15) is 0 Å². The van der Waals surface area contributed by atoms with Crippen LogP contribution in [-0.4, -0.2) is 49.1 Å². The standard InChI is InChI=1S/C20H29ClN4/c1-22-20(23-15-10-16-7-4-8-17(11-15)25(16)2)24-19-12-18(19)13-5-3-6-14(21)9-13/h3,5-6,9,15-19H,4,7-8,10-12H2,1-2H3,(H2,22,23,24). The van der Waals surface area contributed by atoms with Gasteiger partial charge in [-0.15, -0.1) is 0 Å². The Morgan fingerprint density at radius 3 is 2.60 bits per heavy atom. The monoisotopic (exact) mass is 360 g/mol. The number of aliphatic imine (C=N–C) groups is 1. The van der Waals surface area contributed by atoms with E-state index in [1.165, 1.54) is 37.7 Å². The summed E-state index contributed by atoms with van der Waals surface area (Å²) in [6.45, 7) is 0. The summed E-state index contributed by atoms with van der Waals surface area (Å²) in [6.07, 6.45) is 7.70. The molecule has 2 N–H and O–H groups in total. The van der Waals surface area contributed by atoms with Crippen molar-refractivity contribution >= 4 is 17.6 Å². The third-order valence-electron chi connectivity index (χ3n) is 6.29. The Bertz CT molecular complexity index is 632. The van der Waals surface area contributed by atoms with E-state index in [1.807, 2.05) is 19.2 Å². The van der Waals surface area contributed by atoms with E-state index in [2.05, 4.69) is 39.7 Å². The van der Waals surface area contributed by atoms with E-state index < -0.39 is 0 Å². The number of benzene rings is 1. The highest BCUT2D eigenvalue weighted by atomic mass is 35.5. The molecular formula is C20H29ClN4. The zero-order valence-electron chi connectivity index (χ0n) is 15.2. The van der Waals surface area contributed by atoms with Crippen molar-refractivity contribution in [2.45, 2.75) is 68.6 Å². The minimum atomic E-state index is 0.468. The first-order chi connectivity index (χ1) is 12.1. The maximum atomic E-state index is 6.12. The van der Waals surface area contributed by atoms with Gasteiger partial charge in [0.05, 0.1) is 0 Å². The van der Waals surface area contributed by atoms with Crippen molar-refractivity contribution in [3.8, 4) is 0 Å². The molecule has 1 aromatic rings. The molecule has 0 radical (unpaired) electrons. The Morgan fingerprint density at radius 2 is 1.92 bits per heavy atom. The highest BCUT2D eigenvalue weighted by Crippen LogP contribution is 2.41. The third-order valence-corrected chi connectivity index (χ3v) is 6.53. The summed E-state index contributed by atoms with van der Waals surface area (Å²) in [5.74, 6) is 1.51. The molecular weight excluding hydrogens is 332 g/mol. The topological polar surface area (TPSA) is 39.7 Å². The normalized spacial score (nSPS) is 35.3. The maximum absolute atomic E-state index is 6.12. The van der Waals surface area contributed by atoms with Gasteiger partial charge in [0.25, 0.3) is 0 Å². The quantitative estimate of drug-likeness (QED) is 0.641. The smallest absolute Gasteiger partial charge is 0.191 e. The van der Waals surface area contributed by atoms with Gasteiger partial charge in [-0.05, 0) is 56.8 Å². The van der Waals surface area contributed by atoms with Crippen LogP contribution in [0.1, 0.15) is 50.0 Å². The van der Waals surface area contributed by atoms with E-state index in [0.717, 1.165) is 29.5 Å². The van der Waals surface area contributed by atoms with Crippen LogP contribution in [0.15, 0.2) is 29.3 Å². The molecule has 4 rings (SSSR count). The van der Waals surface area contributed by atoms with Crippen LogP contribution in [0.25, 0.3) is 0 Å². The molecule has 1 saturated carbocycles. The fraction of sp³-hybridized carbons (Fsp3) is 0.650. The number of piperidine rings is 2. The number of guanidine groups is 1. The lowest BCUT2D eigenvalue weighted by Crippen LogP contribution is -2.56. The van der Waals surface area contributed by atoms with Crippen molar-refractivity contribution < 1.29 is 0 Å². The molecule has 1 aliphatic carbocycles. The van der Waals surface area contributed by atoms with Gasteiger partial charge >= 0.3 is 0 Å². The molecule has 3 aliphatic rings. The second kappa shape index (κ2) is 7.16. The van der Waals surface area contributed by atoms with Crippen LogP contribution in [0, 0.1) is 0 Å². The van der Waals surface area contributed by atoms with Crippen LogP contribution < -0.4 is 10.6 Å². The molecule has 4 atom stereocenters. The van der Waals surface area contributed by atoms with Gasteiger partial charge in [-0.3, -0.25) is 4.99 Å². The van der Waals surface area contributed by atoms with Crippen molar-refractivity contribution in [3.05, 3.63) is 34.9 Å². The molecule has 0 aromatic heterocycles. The summed E-state index contributed by atoms with van der Waals surface area (Å²) in [7, 11) is 4.18. The zero-order chi connectivity index (χ0) is 17.4. The van der Waals surface area contributed by atoms with E-state index in [1.54, 1.807) is 0 Å². The van der Waals surface area contributed by atoms with Crippen LogP contribution in [0.3, 0.4) is 0 Å². The molecule has 0 amide bonds. The van der Waals surface area contributed by atoms with Crippen LogP contribution in [0.2, 0.25) is 5.02 Å². The number of nitrogens with zero attached hydrogens (tertiary/aromatic N) is 2. The first-order valence-electron chi connectivity index (χ1n) is 9.61. The number of hydrogen-bond donors (Lipinski definition) is 2. The number of fused-ring (bicyclic) bond motifs is 2. The lowest BCUT2D eigenvalue weighted by atomic mass is 9.82. The van der Waals surface area contributed by atoms with Crippen LogP contribution in [0.5, 0.6) is 0 Å². The van der Waals surface area contributed by atoms with Gasteiger partial charge in [-0.25, -0.2) is 0 Å². The molecule has 2 saturated heterocycles. The number of hydrogen-bond acceptors (Lipinski definition) is 2. The fourth-order valence-corrected chi connectivity index (χ4v) is 4.93. The summed E-state index contributed by atoms with van der Waals surface area (Å²) in [6, 6.07) is 10.7. The summed E-state index contributed by atoms with van der Waals surface area (Å²) in [5.41, 5.74) is 1.33. The molecule has 4 nitrogen and oxygen atoms in total. The highest BCUT2D eigenvalue weighted by molar-refractivity contribution is 6.30. The third kappa shape index (κ3) is 3.80. The molecule has 4 unspecified atom stereocenters. The summed E-state index contributed by atoms with van der Waals surface area (Å²) in [5, 5.41) is 8.13. The molecule has 3 fully saturated rings. The molecule has 5 heteroatoms. The van der Waals surface area contributed by atoms with Crippen molar-refractivity contribution in [2.24, 2.45) is 4.99 Å². The Balaban J connectivity index is 1.32. The second-order valence-corrected chi connectivity index (χ2v) is 8.37. The minimum Gasteiger partial charge on any atom is -0.354 e. The van der Waals surface area contributed by atoms with Crippen LogP contribution >= 0.6 is 11.6 Å². The van der Waals surface area contributed by atoms with E-state index in [9.17, 15) is 0 Å². The number of nitrogens with one attached hydrogen (secondary N) is 2. The largest absolute Gasteiger partial charge is 0.354 e. The second-order valence-electron chi connectivity index (χ2n) is 7.94. The van der Waals surface area contributed by atoms with Gasteiger partial charge in [0.15, 0.2) is 5.96 Å². The fourth-order valence-electron chi connectivity index (χ4n) is 4.73. The van der Waals surface area contributed by atoms with E-state index >= 15 is 0 Å². The van der Waals surface area contributed by atoms with Crippen molar-refractivity contribution in [1.29, 1.82) is 0 Å². The Labute approximate surface area is 156 Å². The molecule has 25 heavy (non-hydrogen) atoms. The minimum absolute atomic E-state index is 0.468. The summed E-state index contributed by atoms with van der Waals surface area (Å²) < 4.78 is 0. The molecule has 0 spiro atoms. The Kier molecular flexibility index (Phi) is 4.92. The van der Waals surface area contributed by atoms with Crippen molar-refractivity contribution in [2.75, 3.05) is 14.1 Å². The predicted molar refractivity (Wildman–Crippen MR) is 104 cm³/mol. The van der Waals surface area contributed by atoms with Gasteiger partial charge in [0.2, 0.25) is 0 Å². The predicted octanol–water partition coefficient (Wildman–Crippen LogP) is 3.38. The van der Waals surface area contributed by atoms with E-state index in [4.69, 9.17) is 11.6 Å². The lowest BCUT2D eigenvalue weighted by molar-refractivity contribution is 0.0526. The SMILES string of the molecule is CN=C(NC1CC2CCCC(C1)N2C)NC1CC1c1cccc(Cl)c1. The van der Waals surface area contributed by atoms with Crippen LogP contribution in [0.4, 0.5) is 0 Å². The summed E-state index contributed by atoms with van der Waals surface area (Å²) in [4.78, 5) is 7.08. The van der Waals surface area contributed by atoms with E-state index in [-0.39, 0.29) is 0 Å². The molecule has 2 aliphatic heterocycles. The maximum Gasteiger partial charge on any atom is 0.191 e. The average Bonchev–Trinajstić information content (AvgIpc) is 3.34. The molecule has 2 bridgehead atoms. The molecule has 2 heterocycles. The zero-order valence-corrected chi connectivity index (χ0v) is 16.0. The lowest BCUT2D eigenvalue weighted by Gasteiger charge is -2.47. The number of halogens is 1. The molecule has 136 valence electrons. The Morgan fingerprint density at radius 1 is 1.16 bits per heavy atom. The highest BCUT2D eigenvalue weighted by Gasteiger charge is 2.40. The van der Waals surface area contributed by atoms with Gasteiger partial charge in [-0.2, -0.15) is 0 Å². The first-order valence-corrected chi connectivity index (χ1v) is 9.99. The average molecular weight is 361 g/mol. The van der Waals surface area contributed by atoms with Gasteiger partial charge in [-0.1, -0.05) is 30.2 Å². The Hall–Kier alpha value is -1.26. The van der Waals surface area contributed by atoms with Crippen molar-refractivity contribution in [3.63, 3.8) is 0 Å². The number of rotatable bonds is 3. The van der Waals surface area contributed by atoms with Crippen LogP contribution in [-0.2, 0) is 0 Å². The van der Waals surface area contributed by atoms with Gasteiger partial charge < -0.3 is 15.5 Å². The first kappa shape index (κ1) is 17.2.